The van der Waals surface area contributed by atoms with Crippen molar-refractivity contribution in [3.05, 3.63) is 34.2 Å². The van der Waals surface area contributed by atoms with Crippen molar-refractivity contribution in [1.82, 2.24) is 9.55 Å². The van der Waals surface area contributed by atoms with Crippen molar-refractivity contribution >= 4 is 16.8 Å². The number of rotatable bonds is 3. The van der Waals surface area contributed by atoms with Gasteiger partial charge in [-0.3, -0.25) is 9.36 Å². The van der Waals surface area contributed by atoms with Gasteiger partial charge in [-0.25, -0.2) is 4.79 Å². The number of imidazole rings is 1. The number of halogens is 2. The molecule has 0 fully saturated rings. The summed E-state index contributed by atoms with van der Waals surface area (Å²) in [6.07, 6.45) is -3.99. The lowest BCUT2D eigenvalue weighted by Crippen LogP contribution is -2.29. The first-order chi connectivity index (χ1) is 8.28. The van der Waals surface area contributed by atoms with E-state index >= 15 is 0 Å². The van der Waals surface area contributed by atoms with Gasteiger partial charge in [0, 0.05) is 5.56 Å². The van der Waals surface area contributed by atoms with Crippen molar-refractivity contribution in [1.29, 1.82) is 0 Å². The zero-order chi connectivity index (χ0) is 13.5. The quantitative estimate of drug-likeness (QED) is 0.808. The molecule has 2 aromatic rings. The van der Waals surface area contributed by atoms with Crippen molar-refractivity contribution in [2.24, 2.45) is 0 Å². The van der Waals surface area contributed by atoms with Gasteiger partial charge in [-0.2, -0.15) is 8.78 Å². The van der Waals surface area contributed by atoms with Crippen LogP contribution in [0.1, 0.15) is 17.3 Å². The lowest BCUT2D eigenvalue weighted by atomic mass is 10.1. The smallest absolute Gasteiger partial charge is 0.335 e. The number of ketones is 1. The van der Waals surface area contributed by atoms with Gasteiger partial charge in [-0.05, 0) is 25.1 Å². The van der Waals surface area contributed by atoms with Crippen LogP contribution in [0.25, 0.3) is 11.0 Å². The summed E-state index contributed by atoms with van der Waals surface area (Å²) in [5.74, 6) is -0.243. The van der Waals surface area contributed by atoms with E-state index in [1.165, 1.54) is 25.1 Å². The summed E-state index contributed by atoms with van der Waals surface area (Å²) in [7, 11) is 0. The normalized spacial score (nSPS) is 12.0. The van der Waals surface area contributed by atoms with E-state index in [0.29, 0.717) is 15.6 Å². The Morgan fingerprint density at radius 1 is 1.50 bits per heavy atom. The highest BCUT2D eigenvalue weighted by atomic mass is 19.3. The second-order valence-electron chi connectivity index (χ2n) is 3.97. The Kier molecular flexibility index (Phi) is 2.78. The summed E-state index contributed by atoms with van der Waals surface area (Å²) in [6.45, 7) is 0.171. The van der Waals surface area contributed by atoms with Crippen molar-refractivity contribution in [3.8, 4) is 0 Å². The van der Waals surface area contributed by atoms with E-state index < -0.39 is 18.3 Å². The molecular formula is C11H10F2N2O3. The van der Waals surface area contributed by atoms with E-state index in [2.05, 4.69) is 4.98 Å². The molecule has 0 saturated carbocycles. The Morgan fingerprint density at radius 2 is 2.17 bits per heavy atom. The number of hydrogen-bond acceptors (Lipinski definition) is 3. The molecule has 2 N–H and O–H groups in total. The maximum Gasteiger partial charge on any atom is 0.371 e. The van der Waals surface area contributed by atoms with Crippen molar-refractivity contribution in [3.63, 3.8) is 0 Å². The van der Waals surface area contributed by atoms with Crippen LogP contribution in [0.5, 0.6) is 0 Å². The Hall–Kier alpha value is -2.02. The van der Waals surface area contributed by atoms with E-state index in [-0.39, 0.29) is 11.3 Å². The highest BCUT2D eigenvalue weighted by Crippen LogP contribution is 2.17. The van der Waals surface area contributed by atoms with Gasteiger partial charge in [0.15, 0.2) is 5.78 Å². The predicted molar refractivity (Wildman–Crippen MR) is 59.7 cm³/mol. The largest absolute Gasteiger partial charge is 0.371 e. The zero-order valence-corrected chi connectivity index (χ0v) is 9.41. The van der Waals surface area contributed by atoms with Crippen LogP contribution in [-0.2, 0) is 6.54 Å². The molecule has 7 heteroatoms. The molecule has 0 spiro atoms. The average Bonchev–Trinajstić information content (AvgIpc) is 2.53. The molecule has 0 saturated heterocycles. The molecule has 96 valence electrons. The van der Waals surface area contributed by atoms with Gasteiger partial charge in [-0.15, -0.1) is 0 Å². The molecule has 18 heavy (non-hydrogen) atoms. The summed E-state index contributed by atoms with van der Waals surface area (Å²) >= 11 is 0. The number of H-pyrrole nitrogens is 1. The number of Topliss-reactive ketones (excluding diaryl/α,β-unsaturated/α-hetero) is 1. The highest BCUT2D eigenvalue weighted by molar-refractivity contribution is 5.97. The molecule has 1 heterocycles. The molecule has 0 bridgehead atoms. The van der Waals surface area contributed by atoms with Gasteiger partial charge in [-0.1, -0.05) is 0 Å². The summed E-state index contributed by atoms with van der Waals surface area (Å²) in [6, 6.07) is 4.28. The molecule has 1 aromatic carbocycles. The minimum Gasteiger partial charge on any atom is -0.335 e. The number of benzene rings is 1. The third kappa shape index (κ3) is 2.30. The molecule has 0 atom stereocenters. The van der Waals surface area contributed by atoms with Crippen LogP contribution in [0.15, 0.2) is 23.0 Å². The lowest BCUT2D eigenvalue weighted by Gasteiger charge is -2.09. The second-order valence-corrected chi connectivity index (χ2v) is 3.97. The second kappa shape index (κ2) is 4.02. The standard InChI is InChI=1S/C11H10F2N2O3/c1-6(16)7-2-3-8-9(4-7)15(10(17)14-8)5-11(12,13)18/h2-4,18H,5H2,1H3,(H,14,17). The SMILES string of the molecule is CC(=O)c1ccc2[nH]c(=O)n(CC(O)(F)F)c2c1. The molecule has 0 amide bonds. The van der Waals surface area contributed by atoms with Crippen LogP contribution in [0.4, 0.5) is 8.78 Å². The number of aliphatic hydroxyl groups is 1. The van der Waals surface area contributed by atoms with Gasteiger partial charge in [0.1, 0.15) is 6.54 Å². The average molecular weight is 256 g/mol. The molecule has 0 radical (unpaired) electrons. The minimum absolute atomic E-state index is 0.154. The van der Waals surface area contributed by atoms with Crippen molar-refractivity contribution < 1.29 is 18.7 Å². The number of aromatic nitrogens is 2. The Morgan fingerprint density at radius 3 is 2.72 bits per heavy atom. The Bertz CT molecular complexity index is 667. The molecule has 1 aromatic heterocycles. The number of nitrogens with one attached hydrogen (secondary N) is 1. The molecule has 2 rings (SSSR count). The predicted octanol–water partition coefficient (Wildman–Crippen LogP) is 1.12. The van der Waals surface area contributed by atoms with Gasteiger partial charge < -0.3 is 10.1 Å². The topological polar surface area (TPSA) is 75.1 Å². The molecule has 0 aliphatic heterocycles. The summed E-state index contributed by atoms with van der Waals surface area (Å²) < 4.78 is 25.8. The van der Waals surface area contributed by atoms with Gasteiger partial charge in [0.05, 0.1) is 11.0 Å². The maximum absolute atomic E-state index is 12.6. The van der Waals surface area contributed by atoms with E-state index in [9.17, 15) is 18.4 Å². The van der Waals surface area contributed by atoms with E-state index in [0.717, 1.165) is 0 Å². The maximum atomic E-state index is 12.6. The van der Waals surface area contributed by atoms with Gasteiger partial charge in [0.2, 0.25) is 0 Å². The monoisotopic (exact) mass is 256 g/mol. The van der Waals surface area contributed by atoms with Gasteiger partial charge >= 0.3 is 11.8 Å². The number of nitrogens with zero attached hydrogens (tertiary/aromatic N) is 1. The van der Waals surface area contributed by atoms with E-state index in [1.54, 1.807) is 0 Å². The number of carbonyl (C=O) groups excluding carboxylic acids is 1. The fraction of sp³-hybridized carbons (Fsp3) is 0.273. The molecule has 0 aliphatic rings. The first kappa shape index (κ1) is 12.4. The molecule has 0 aliphatic carbocycles. The van der Waals surface area contributed by atoms with E-state index in [4.69, 9.17) is 5.11 Å². The summed E-state index contributed by atoms with van der Waals surface area (Å²) in [5.41, 5.74) is 0.0200. The molecule has 5 nitrogen and oxygen atoms in total. The number of alkyl halides is 2. The zero-order valence-electron chi connectivity index (χ0n) is 9.41. The van der Waals surface area contributed by atoms with E-state index in [1.807, 2.05) is 0 Å². The first-order valence-electron chi connectivity index (χ1n) is 5.11. The Balaban J connectivity index is 2.64. The summed E-state index contributed by atoms with van der Waals surface area (Å²) in [4.78, 5) is 25.0. The molecule has 0 unspecified atom stereocenters. The van der Waals surface area contributed by atoms with Crippen LogP contribution in [0, 0.1) is 0 Å². The van der Waals surface area contributed by atoms with Gasteiger partial charge in [0.25, 0.3) is 0 Å². The van der Waals surface area contributed by atoms with Crippen molar-refractivity contribution in [2.75, 3.05) is 0 Å². The van der Waals surface area contributed by atoms with Crippen LogP contribution in [-0.4, -0.2) is 26.5 Å². The van der Waals surface area contributed by atoms with Crippen molar-refractivity contribution in [2.45, 2.75) is 19.6 Å². The minimum atomic E-state index is -3.99. The highest BCUT2D eigenvalue weighted by Gasteiger charge is 2.27. The number of aromatic amines is 1. The van der Waals surface area contributed by atoms with Crippen LogP contribution in [0.3, 0.4) is 0 Å². The fourth-order valence-electron chi connectivity index (χ4n) is 1.72. The number of carbonyl (C=O) groups is 1. The fourth-order valence-corrected chi connectivity index (χ4v) is 1.72. The number of hydrogen-bond donors (Lipinski definition) is 2. The third-order valence-electron chi connectivity index (χ3n) is 2.53. The summed E-state index contributed by atoms with van der Waals surface area (Å²) in [5, 5.41) is 8.48. The Labute approximate surface area is 99.7 Å². The lowest BCUT2D eigenvalue weighted by molar-refractivity contribution is -0.207. The van der Waals surface area contributed by atoms with Crippen LogP contribution < -0.4 is 5.69 Å². The van der Waals surface area contributed by atoms with Crippen LogP contribution >= 0.6 is 0 Å². The third-order valence-corrected chi connectivity index (χ3v) is 2.53. The number of fused-ring (bicyclic) bond motifs is 1. The molecular weight excluding hydrogens is 246 g/mol. The van der Waals surface area contributed by atoms with Crippen LogP contribution in [0.2, 0.25) is 0 Å². The first-order valence-corrected chi connectivity index (χ1v) is 5.11.